The van der Waals surface area contributed by atoms with Crippen LogP contribution in [0.2, 0.25) is 0 Å². The Hall–Kier alpha value is -1.55. The highest BCUT2D eigenvalue weighted by Gasteiger charge is 2.07. The summed E-state index contributed by atoms with van der Waals surface area (Å²) < 4.78 is 5.05. The second kappa shape index (κ2) is 6.91. The van der Waals surface area contributed by atoms with Gasteiger partial charge in [-0.25, -0.2) is 0 Å². The molecule has 0 aliphatic rings. The number of methoxy groups -OCH3 is 1. The van der Waals surface area contributed by atoms with Gasteiger partial charge in [0, 0.05) is 5.69 Å². The number of carbonyl (C=O) groups is 1. The molecular formula is C13H20N2O2. The van der Waals surface area contributed by atoms with Gasteiger partial charge in [-0.05, 0) is 37.4 Å². The van der Waals surface area contributed by atoms with Gasteiger partial charge in [-0.2, -0.15) is 0 Å². The van der Waals surface area contributed by atoms with Crippen molar-refractivity contribution < 1.29 is 9.53 Å². The Labute approximate surface area is 103 Å². The number of hydrogen-bond acceptors (Lipinski definition) is 3. The number of nitrogens with one attached hydrogen (secondary N) is 1. The molecule has 0 atom stereocenters. The molecule has 0 fully saturated rings. The summed E-state index contributed by atoms with van der Waals surface area (Å²) in [7, 11) is 1.62. The van der Waals surface area contributed by atoms with Gasteiger partial charge in [-0.3, -0.25) is 9.69 Å². The van der Waals surface area contributed by atoms with Crippen molar-refractivity contribution in [2.45, 2.75) is 13.8 Å². The molecule has 1 aromatic rings. The Bertz CT molecular complexity index is 345. The topological polar surface area (TPSA) is 41.6 Å². The molecule has 4 heteroatoms. The first-order valence-electron chi connectivity index (χ1n) is 5.85. The van der Waals surface area contributed by atoms with E-state index in [-0.39, 0.29) is 5.91 Å². The minimum atomic E-state index is 0.0128. The fraction of sp³-hybridized carbons (Fsp3) is 0.462. The summed E-state index contributed by atoms with van der Waals surface area (Å²) in [6.07, 6.45) is 0. The molecule has 0 saturated carbocycles. The molecule has 0 aromatic heterocycles. The van der Waals surface area contributed by atoms with E-state index in [0.29, 0.717) is 6.54 Å². The van der Waals surface area contributed by atoms with Crippen molar-refractivity contribution in [2.24, 2.45) is 0 Å². The van der Waals surface area contributed by atoms with Crippen molar-refractivity contribution in [1.29, 1.82) is 0 Å². The van der Waals surface area contributed by atoms with Crippen molar-refractivity contribution in [3.8, 4) is 5.75 Å². The van der Waals surface area contributed by atoms with Gasteiger partial charge in [0.05, 0.1) is 13.7 Å². The van der Waals surface area contributed by atoms with E-state index >= 15 is 0 Å². The highest BCUT2D eigenvalue weighted by atomic mass is 16.5. The van der Waals surface area contributed by atoms with Crippen LogP contribution in [-0.4, -0.2) is 37.6 Å². The second-order valence-electron chi connectivity index (χ2n) is 3.74. The van der Waals surface area contributed by atoms with Crippen LogP contribution >= 0.6 is 0 Å². The zero-order valence-electron chi connectivity index (χ0n) is 10.7. The third-order valence-corrected chi connectivity index (χ3v) is 2.64. The molecule has 0 heterocycles. The van der Waals surface area contributed by atoms with Gasteiger partial charge < -0.3 is 10.1 Å². The van der Waals surface area contributed by atoms with E-state index in [1.807, 2.05) is 38.1 Å². The Morgan fingerprint density at radius 1 is 1.24 bits per heavy atom. The third-order valence-electron chi connectivity index (χ3n) is 2.64. The average molecular weight is 236 g/mol. The quantitative estimate of drug-likeness (QED) is 0.821. The zero-order valence-corrected chi connectivity index (χ0v) is 10.7. The maximum absolute atomic E-state index is 11.7. The van der Waals surface area contributed by atoms with Crippen LogP contribution in [0.1, 0.15) is 13.8 Å². The Balaban J connectivity index is 2.49. The number of amides is 1. The normalized spacial score (nSPS) is 10.4. The highest BCUT2D eigenvalue weighted by molar-refractivity contribution is 5.92. The molecule has 0 saturated heterocycles. The molecule has 17 heavy (non-hydrogen) atoms. The highest BCUT2D eigenvalue weighted by Crippen LogP contribution is 2.14. The molecule has 0 radical (unpaired) electrons. The van der Waals surface area contributed by atoms with Crippen LogP contribution in [-0.2, 0) is 4.79 Å². The summed E-state index contributed by atoms with van der Waals surface area (Å²) in [5.74, 6) is 0.797. The van der Waals surface area contributed by atoms with Crippen molar-refractivity contribution in [3.05, 3.63) is 24.3 Å². The predicted octanol–water partition coefficient (Wildman–Crippen LogP) is 1.98. The molecule has 1 rings (SSSR count). The average Bonchev–Trinajstić information content (AvgIpc) is 2.37. The van der Waals surface area contributed by atoms with Gasteiger partial charge in [-0.1, -0.05) is 13.8 Å². The van der Waals surface area contributed by atoms with E-state index in [2.05, 4.69) is 10.2 Å². The number of anilines is 1. The molecule has 0 spiro atoms. The van der Waals surface area contributed by atoms with Crippen LogP contribution in [0.15, 0.2) is 24.3 Å². The number of nitrogens with zero attached hydrogens (tertiary/aromatic N) is 1. The largest absolute Gasteiger partial charge is 0.497 e. The van der Waals surface area contributed by atoms with E-state index in [9.17, 15) is 4.79 Å². The van der Waals surface area contributed by atoms with Crippen LogP contribution in [0.5, 0.6) is 5.75 Å². The van der Waals surface area contributed by atoms with Crippen LogP contribution < -0.4 is 10.1 Å². The van der Waals surface area contributed by atoms with E-state index < -0.39 is 0 Å². The van der Waals surface area contributed by atoms with Crippen molar-refractivity contribution in [1.82, 2.24) is 4.90 Å². The number of ether oxygens (including phenoxy) is 1. The monoisotopic (exact) mass is 236 g/mol. The summed E-state index contributed by atoms with van der Waals surface area (Å²) in [5, 5.41) is 2.86. The number of likely N-dealkylation sites (N-methyl/N-ethyl adjacent to an activating group) is 1. The maximum atomic E-state index is 11.7. The molecule has 0 unspecified atom stereocenters. The summed E-state index contributed by atoms with van der Waals surface area (Å²) in [6.45, 7) is 6.28. The van der Waals surface area contributed by atoms with Gasteiger partial charge in [0.25, 0.3) is 0 Å². The lowest BCUT2D eigenvalue weighted by Gasteiger charge is -2.17. The van der Waals surface area contributed by atoms with Crippen LogP contribution in [0.25, 0.3) is 0 Å². The number of rotatable bonds is 6. The van der Waals surface area contributed by atoms with E-state index in [4.69, 9.17) is 4.74 Å². The lowest BCUT2D eigenvalue weighted by Crippen LogP contribution is -2.32. The van der Waals surface area contributed by atoms with Gasteiger partial charge in [0.1, 0.15) is 5.75 Å². The van der Waals surface area contributed by atoms with E-state index in [1.165, 1.54) is 0 Å². The van der Waals surface area contributed by atoms with E-state index in [0.717, 1.165) is 24.5 Å². The van der Waals surface area contributed by atoms with Crippen LogP contribution in [0, 0.1) is 0 Å². The Morgan fingerprint density at radius 3 is 2.29 bits per heavy atom. The van der Waals surface area contributed by atoms with Crippen molar-refractivity contribution >= 4 is 11.6 Å². The number of benzene rings is 1. The second-order valence-corrected chi connectivity index (χ2v) is 3.74. The summed E-state index contributed by atoms with van der Waals surface area (Å²) in [4.78, 5) is 13.8. The molecule has 0 aliphatic heterocycles. The number of hydrogen-bond donors (Lipinski definition) is 1. The summed E-state index contributed by atoms with van der Waals surface area (Å²) in [5.41, 5.74) is 0.794. The fourth-order valence-corrected chi connectivity index (χ4v) is 1.53. The van der Waals surface area contributed by atoms with Gasteiger partial charge in [0.2, 0.25) is 5.91 Å². The Morgan fingerprint density at radius 2 is 1.82 bits per heavy atom. The molecule has 0 bridgehead atoms. The van der Waals surface area contributed by atoms with Gasteiger partial charge in [0.15, 0.2) is 0 Å². The SMILES string of the molecule is CCN(CC)CC(=O)Nc1ccc(OC)cc1. The molecule has 0 aliphatic carbocycles. The molecular weight excluding hydrogens is 216 g/mol. The summed E-state index contributed by atoms with van der Waals surface area (Å²) >= 11 is 0. The van der Waals surface area contributed by atoms with Gasteiger partial charge in [-0.15, -0.1) is 0 Å². The molecule has 1 aromatic carbocycles. The Kier molecular flexibility index (Phi) is 5.49. The molecule has 4 nitrogen and oxygen atoms in total. The first kappa shape index (κ1) is 13.5. The maximum Gasteiger partial charge on any atom is 0.238 e. The minimum Gasteiger partial charge on any atom is -0.497 e. The zero-order chi connectivity index (χ0) is 12.7. The predicted molar refractivity (Wildman–Crippen MR) is 69.4 cm³/mol. The van der Waals surface area contributed by atoms with Crippen molar-refractivity contribution in [3.63, 3.8) is 0 Å². The van der Waals surface area contributed by atoms with Crippen molar-refractivity contribution in [2.75, 3.05) is 32.1 Å². The molecule has 94 valence electrons. The lowest BCUT2D eigenvalue weighted by molar-refractivity contribution is -0.117. The fourth-order valence-electron chi connectivity index (χ4n) is 1.53. The van der Waals surface area contributed by atoms with E-state index in [1.54, 1.807) is 7.11 Å². The first-order valence-corrected chi connectivity index (χ1v) is 5.85. The smallest absolute Gasteiger partial charge is 0.238 e. The van der Waals surface area contributed by atoms with Gasteiger partial charge >= 0.3 is 0 Å². The van der Waals surface area contributed by atoms with Crippen LogP contribution in [0.3, 0.4) is 0 Å². The lowest BCUT2D eigenvalue weighted by atomic mass is 10.3. The number of carbonyl (C=O) groups excluding carboxylic acids is 1. The standard InChI is InChI=1S/C13H20N2O2/c1-4-15(5-2)10-13(16)14-11-6-8-12(17-3)9-7-11/h6-9H,4-5,10H2,1-3H3,(H,14,16). The molecule has 1 amide bonds. The third kappa shape index (κ3) is 4.44. The molecule has 1 N–H and O–H groups in total. The first-order chi connectivity index (χ1) is 8.19. The van der Waals surface area contributed by atoms with Crippen LogP contribution in [0.4, 0.5) is 5.69 Å². The minimum absolute atomic E-state index is 0.0128. The summed E-state index contributed by atoms with van der Waals surface area (Å²) in [6, 6.07) is 7.32.